The molecule has 118 valence electrons. The van der Waals surface area contributed by atoms with Crippen LogP contribution in [0.25, 0.3) is 0 Å². The van der Waals surface area contributed by atoms with Gasteiger partial charge in [-0.05, 0) is 44.4 Å². The van der Waals surface area contributed by atoms with E-state index < -0.39 is 0 Å². The van der Waals surface area contributed by atoms with Crippen molar-refractivity contribution in [2.24, 2.45) is 0 Å². The summed E-state index contributed by atoms with van der Waals surface area (Å²) in [7, 11) is 0. The van der Waals surface area contributed by atoms with Crippen LogP contribution in [0.1, 0.15) is 31.5 Å². The standard InChI is InChI=1S/C18H19FN4/c1-18(2)8-9-23(13-22-18)17-12-20-16(11-21-17)7-6-14-4-3-5-15(19)10-14/h3-5,10-12,22H,8-9,13H2,1-2H3. The van der Waals surface area contributed by atoms with Gasteiger partial charge < -0.3 is 4.90 Å². The second kappa shape index (κ2) is 6.35. The van der Waals surface area contributed by atoms with E-state index in [4.69, 9.17) is 0 Å². The summed E-state index contributed by atoms with van der Waals surface area (Å²) in [6.45, 7) is 6.10. The van der Waals surface area contributed by atoms with Gasteiger partial charge in [-0.25, -0.2) is 14.4 Å². The molecule has 0 saturated carbocycles. The lowest BCUT2D eigenvalue weighted by atomic mass is 9.99. The third-order valence-corrected chi connectivity index (χ3v) is 3.88. The molecular formula is C18H19FN4. The van der Waals surface area contributed by atoms with Crippen molar-refractivity contribution in [1.29, 1.82) is 0 Å². The van der Waals surface area contributed by atoms with Crippen LogP contribution < -0.4 is 10.2 Å². The summed E-state index contributed by atoms with van der Waals surface area (Å²) < 4.78 is 13.1. The first-order chi connectivity index (χ1) is 11.0. The van der Waals surface area contributed by atoms with E-state index in [9.17, 15) is 4.39 Å². The minimum absolute atomic E-state index is 0.167. The average molecular weight is 310 g/mol. The molecule has 0 aliphatic carbocycles. The Hall–Kier alpha value is -2.45. The van der Waals surface area contributed by atoms with E-state index >= 15 is 0 Å². The van der Waals surface area contributed by atoms with Crippen LogP contribution in [0.3, 0.4) is 0 Å². The molecule has 4 nitrogen and oxygen atoms in total. The number of hydrogen-bond donors (Lipinski definition) is 1. The van der Waals surface area contributed by atoms with Gasteiger partial charge in [0.15, 0.2) is 0 Å². The van der Waals surface area contributed by atoms with Crippen LogP contribution in [0.5, 0.6) is 0 Å². The zero-order chi connectivity index (χ0) is 16.3. The van der Waals surface area contributed by atoms with E-state index in [0.29, 0.717) is 11.3 Å². The van der Waals surface area contributed by atoms with E-state index in [2.05, 4.69) is 45.9 Å². The minimum atomic E-state index is -0.293. The summed E-state index contributed by atoms with van der Waals surface area (Å²) in [5.41, 5.74) is 1.36. The molecule has 23 heavy (non-hydrogen) atoms. The van der Waals surface area contributed by atoms with Crippen LogP contribution >= 0.6 is 0 Å². The Kier molecular flexibility index (Phi) is 4.26. The molecule has 1 aliphatic rings. The number of nitrogens with zero attached hydrogens (tertiary/aromatic N) is 3. The lowest BCUT2D eigenvalue weighted by Crippen LogP contribution is -2.53. The molecule has 1 saturated heterocycles. The highest BCUT2D eigenvalue weighted by molar-refractivity contribution is 5.42. The Morgan fingerprint density at radius 1 is 1.22 bits per heavy atom. The fourth-order valence-corrected chi connectivity index (χ4v) is 2.34. The quantitative estimate of drug-likeness (QED) is 0.822. The highest BCUT2D eigenvalue weighted by Gasteiger charge is 2.25. The third kappa shape index (κ3) is 4.05. The molecule has 2 aromatic rings. The van der Waals surface area contributed by atoms with Gasteiger partial charge in [-0.3, -0.25) is 5.32 Å². The molecule has 1 aliphatic heterocycles. The second-order valence-corrected chi connectivity index (χ2v) is 6.25. The summed E-state index contributed by atoms with van der Waals surface area (Å²) in [4.78, 5) is 10.9. The van der Waals surface area contributed by atoms with E-state index in [1.54, 1.807) is 24.5 Å². The van der Waals surface area contributed by atoms with E-state index in [-0.39, 0.29) is 11.4 Å². The van der Waals surface area contributed by atoms with Crippen molar-refractivity contribution in [3.8, 4) is 11.8 Å². The first-order valence-electron chi connectivity index (χ1n) is 7.61. The van der Waals surface area contributed by atoms with Gasteiger partial charge in [-0.15, -0.1) is 0 Å². The Morgan fingerprint density at radius 2 is 2.09 bits per heavy atom. The fraction of sp³-hybridized carbons (Fsp3) is 0.333. The van der Waals surface area contributed by atoms with Crippen LogP contribution in [0, 0.1) is 17.7 Å². The molecule has 1 N–H and O–H groups in total. The summed E-state index contributed by atoms with van der Waals surface area (Å²) in [6.07, 6.45) is 4.44. The van der Waals surface area contributed by atoms with Crippen LogP contribution in [-0.2, 0) is 0 Å². The van der Waals surface area contributed by atoms with Gasteiger partial charge in [-0.1, -0.05) is 12.0 Å². The van der Waals surface area contributed by atoms with Gasteiger partial charge in [0.2, 0.25) is 0 Å². The first-order valence-corrected chi connectivity index (χ1v) is 7.61. The second-order valence-electron chi connectivity index (χ2n) is 6.25. The number of rotatable bonds is 1. The maximum absolute atomic E-state index is 13.1. The number of nitrogens with one attached hydrogen (secondary N) is 1. The van der Waals surface area contributed by atoms with Crippen LogP contribution in [0.4, 0.5) is 10.2 Å². The van der Waals surface area contributed by atoms with E-state index in [0.717, 1.165) is 25.5 Å². The fourth-order valence-electron chi connectivity index (χ4n) is 2.34. The van der Waals surface area contributed by atoms with Crippen molar-refractivity contribution in [2.75, 3.05) is 18.1 Å². The topological polar surface area (TPSA) is 41.1 Å². The maximum Gasteiger partial charge on any atom is 0.148 e. The molecule has 0 spiro atoms. The van der Waals surface area contributed by atoms with Crippen molar-refractivity contribution in [1.82, 2.24) is 15.3 Å². The monoisotopic (exact) mass is 310 g/mol. The summed E-state index contributed by atoms with van der Waals surface area (Å²) in [5, 5.41) is 3.47. The number of hydrogen-bond acceptors (Lipinski definition) is 4. The predicted molar refractivity (Wildman–Crippen MR) is 88.5 cm³/mol. The molecule has 1 aromatic carbocycles. The molecular weight excluding hydrogens is 291 g/mol. The van der Waals surface area contributed by atoms with E-state index in [1.165, 1.54) is 12.1 Å². The summed E-state index contributed by atoms with van der Waals surface area (Å²) in [5.74, 6) is 6.34. The predicted octanol–water partition coefficient (Wildman–Crippen LogP) is 2.55. The van der Waals surface area contributed by atoms with Gasteiger partial charge in [0, 0.05) is 17.6 Å². The molecule has 1 fully saturated rings. The minimum Gasteiger partial charge on any atom is -0.342 e. The van der Waals surface area contributed by atoms with E-state index in [1.807, 2.05) is 0 Å². The summed E-state index contributed by atoms with van der Waals surface area (Å²) in [6, 6.07) is 6.20. The third-order valence-electron chi connectivity index (χ3n) is 3.88. The van der Waals surface area contributed by atoms with Gasteiger partial charge in [0.1, 0.15) is 17.3 Å². The van der Waals surface area contributed by atoms with Crippen LogP contribution in [-0.4, -0.2) is 28.7 Å². The number of aromatic nitrogens is 2. The van der Waals surface area contributed by atoms with Crippen LogP contribution in [0.15, 0.2) is 36.7 Å². The molecule has 0 bridgehead atoms. The molecule has 0 atom stereocenters. The largest absolute Gasteiger partial charge is 0.342 e. The molecule has 0 amide bonds. The SMILES string of the molecule is CC1(C)CCN(c2cnc(C#Cc3cccc(F)c3)cn2)CN1. The lowest BCUT2D eigenvalue weighted by molar-refractivity contribution is 0.322. The zero-order valence-electron chi connectivity index (χ0n) is 13.3. The van der Waals surface area contributed by atoms with Gasteiger partial charge in [-0.2, -0.15) is 0 Å². The smallest absolute Gasteiger partial charge is 0.148 e. The molecule has 2 heterocycles. The normalized spacial score (nSPS) is 16.6. The number of benzene rings is 1. The van der Waals surface area contributed by atoms with Gasteiger partial charge >= 0.3 is 0 Å². The zero-order valence-corrected chi connectivity index (χ0v) is 13.3. The molecule has 5 heteroatoms. The number of halogens is 1. The Balaban J connectivity index is 1.69. The maximum atomic E-state index is 13.1. The summed E-state index contributed by atoms with van der Waals surface area (Å²) >= 11 is 0. The van der Waals surface area contributed by atoms with Crippen LogP contribution in [0.2, 0.25) is 0 Å². The lowest BCUT2D eigenvalue weighted by Gasteiger charge is -2.38. The Bertz CT molecular complexity index is 734. The molecule has 1 aromatic heterocycles. The Morgan fingerprint density at radius 3 is 2.74 bits per heavy atom. The molecule has 3 rings (SSSR count). The van der Waals surface area contributed by atoms with Crippen molar-refractivity contribution < 1.29 is 4.39 Å². The molecule has 0 radical (unpaired) electrons. The van der Waals surface area contributed by atoms with Crippen molar-refractivity contribution in [3.05, 3.63) is 53.7 Å². The highest BCUT2D eigenvalue weighted by atomic mass is 19.1. The molecule has 0 unspecified atom stereocenters. The van der Waals surface area contributed by atoms with Gasteiger partial charge in [0.25, 0.3) is 0 Å². The van der Waals surface area contributed by atoms with Crippen molar-refractivity contribution >= 4 is 5.82 Å². The van der Waals surface area contributed by atoms with Crippen molar-refractivity contribution in [3.63, 3.8) is 0 Å². The first kappa shape index (κ1) is 15.4. The Labute approximate surface area is 135 Å². The van der Waals surface area contributed by atoms with Gasteiger partial charge in [0.05, 0.1) is 19.1 Å². The number of anilines is 1. The van der Waals surface area contributed by atoms with Crippen molar-refractivity contribution in [2.45, 2.75) is 25.8 Å². The average Bonchev–Trinajstić information content (AvgIpc) is 2.54. The highest BCUT2D eigenvalue weighted by Crippen LogP contribution is 2.18.